The first kappa shape index (κ1) is 78.0. The Hall–Kier alpha value is 4.67. The zero-order valence-electron chi connectivity index (χ0n) is 72.6. The van der Waals surface area contributed by atoms with Crippen molar-refractivity contribution >= 4 is 139 Å². The van der Waals surface area contributed by atoms with Gasteiger partial charge in [-0.1, -0.05) is 263 Å². The molecule has 0 aliphatic carbocycles. The zero-order chi connectivity index (χ0) is 72.6. The maximum Gasteiger partial charge on any atom is 0.0504 e. The van der Waals surface area contributed by atoms with E-state index in [-0.39, 0.29) is 5.54 Å². The van der Waals surface area contributed by atoms with Crippen molar-refractivity contribution in [1.82, 2.24) is 0 Å². The van der Waals surface area contributed by atoms with Crippen molar-refractivity contribution in [2.75, 3.05) is 0 Å². The largest absolute Gasteiger partial charge is 0.0691 e. The van der Waals surface area contributed by atoms with Crippen LogP contribution in [0.15, 0.2) is 0 Å². The van der Waals surface area contributed by atoms with Gasteiger partial charge < -0.3 is 0 Å². The molecule has 0 nitrogen and oxygen atoms in total. The van der Waals surface area contributed by atoms with Gasteiger partial charge in [0.15, 0.2) is 0 Å². The van der Waals surface area contributed by atoms with Gasteiger partial charge in [-0.3, -0.25) is 0 Å². The minimum atomic E-state index is -3.16. The zero-order valence-corrected chi connectivity index (χ0v) is 86.1. The molecule has 0 aromatic carbocycles. The Morgan fingerprint density at radius 2 is 0.791 bits per heavy atom. The van der Waals surface area contributed by atoms with Gasteiger partial charge in [-0.05, 0) is 22.2 Å². The van der Waals surface area contributed by atoms with Crippen molar-refractivity contribution in [3.8, 4) is 0 Å². The Balaban J connectivity index is 0.000000528. The van der Waals surface area contributed by atoms with E-state index < -0.39 is 152 Å². The summed E-state index contributed by atoms with van der Waals surface area (Å²) in [4.78, 5) is 0. The molecule has 0 bridgehead atoms. The Kier molecular flexibility index (Phi) is 31.9. The van der Waals surface area contributed by atoms with Gasteiger partial charge in [0, 0.05) is 32.4 Å². The van der Waals surface area contributed by atoms with E-state index in [2.05, 4.69) is 219 Å². The third-order valence-electron chi connectivity index (χ3n) is 29.5. The first-order valence-corrected chi connectivity index (χ1v) is 100. The van der Waals surface area contributed by atoms with Gasteiger partial charge >= 0.3 is 237 Å². The van der Waals surface area contributed by atoms with E-state index >= 15 is 0 Å². The van der Waals surface area contributed by atoms with Crippen LogP contribution in [0, 0.1) is 0 Å². The maximum atomic E-state index is 7.60. The van der Waals surface area contributed by atoms with Crippen molar-refractivity contribution in [3.05, 3.63) is 0 Å². The molecule has 0 radical (unpaired) electrons. The second kappa shape index (κ2) is 35.1. The van der Waals surface area contributed by atoms with E-state index in [0.717, 1.165) is 40.2 Å². The van der Waals surface area contributed by atoms with E-state index in [9.17, 15) is 0 Å². The van der Waals surface area contributed by atoms with Crippen LogP contribution in [0.25, 0.3) is 0 Å². The Morgan fingerprint density at radius 3 is 1.10 bits per heavy atom. The molecular weight excluding hydrogens is 1480 g/mol. The van der Waals surface area contributed by atoms with E-state index in [1.54, 1.807) is 73.1 Å². The fourth-order valence-electron chi connectivity index (χ4n) is 21.1. The van der Waals surface area contributed by atoms with Crippen molar-refractivity contribution < 1.29 is 8.22 Å². The molecule has 0 aromatic rings. The smallest absolute Gasteiger partial charge is 0.0504 e. The molecule has 0 aromatic heterocycles. The second-order valence-electron chi connectivity index (χ2n) is 40.6. The fraction of sp³-hybridized carbons (Fsp3) is 1.00. The van der Waals surface area contributed by atoms with Crippen LogP contribution in [-0.4, -0.2) is 139 Å². The summed E-state index contributed by atoms with van der Waals surface area (Å²) in [6, 6.07) is 11.5. The van der Waals surface area contributed by atoms with Gasteiger partial charge in [-0.25, -0.2) is 0 Å². The van der Waals surface area contributed by atoms with Crippen LogP contribution >= 0.6 is 0 Å². The van der Waals surface area contributed by atoms with E-state index in [1.165, 1.54) is 69.4 Å². The van der Waals surface area contributed by atoms with Crippen molar-refractivity contribution in [2.24, 2.45) is 0 Å². The normalized spacial score (nSPS) is 37.3. The quantitative estimate of drug-likeness (QED) is 0.233. The Labute approximate surface area is 580 Å². The first-order valence-electron chi connectivity index (χ1n) is 41.1. The van der Waals surface area contributed by atoms with Crippen LogP contribution in [0.3, 0.4) is 0 Å². The van der Waals surface area contributed by atoms with Crippen LogP contribution < -0.4 is 0 Å². The first-order chi connectivity index (χ1) is 41.1. The van der Waals surface area contributed by atoms with Crippen LogP contribution in [-0.2, 0) is 0 Å². The fourth-order valence-corrected chi connectivity index (χ4v) is 240. The second-order valence-corrected chi connectivity index (χ2v) is 154. The Bertz CT molecular complexity index is 2060. The van der Waals surface area contributed by atoms with Crippen molar-refractivity contribution in [2.45, 2.75) is 439 Å². The average molecular weight is 1660 g/mol. The van der Waals surface area contributed by atoms with Gasteiger partial charge in [0.2, 0.25) is 0 Å². The van der Waals surface area contributed by atoms with Crippen LogP contribution in [0.2, 0.25) is 279 Å². The molecular formula is C72H172Ge5Si9. The van der Waals surface area contributed by atoms with E-state index in [4.69, 9.17) is 8.22 Å². The van der Waals surface area contributed by atoms with Gasteiger partial charge in [0.25, 0.3) is 0 Å². The minimum Gasteiger partial charge on any atom is -0.0691 e. The van der Waals surface area contributed by atoms with Gasteiger partial charge in [-0.15, -0.1) is 0 Å². The number of rotatable bonds is 6. The maximum absolute atomic E-state index is 7.60. The predicted molar refractivity (Wildman–Crippen MR) is 452 cm³/mol. The molecule has 8 saturated heterocycles. The average Bonchev–Trinajstić information content (AvgIpc) is 1.40. The van der Waals surface area contributed by atoms with E-state index in [0.29, 0.717) is 12.5 Å². The molecule has 8 heterocycles. The van der Waals surface area contributed by atoms with Crippen molar-refractivity contribution in [1.29, 1.82) is 0 Å². The van der Waals surface area contributed by atoms with Gasteiger partial charge in [0.1, 0.15) is 0 Å². The monoisotopic (exact) mass is 1660 g/mol. The number of hydrogen-bond donors (Lipinski definition) is 0. The molecule has 9 atom stereocenters. The SMILES string of the molecule is CC1[Si](C)(C)C[Si](C)(C)C[Si]1(C)C.CCC1CCC[Si]1(C)C(C)C.CCC1CCC[Si]1(C)CC.CC[Si]1(C)CCC[C@H]1C.C[C@@H]1[Si](C)(C)CC[CH2][Ge]1([CH3])[CH3].C[C@@H]1[Si](C)(C)C[CH2][Ge]1([CH3])[CH3].C[CH]1[Ge]([CH3])([CH3])[CH2][Ge]([CH3])([CH3])[CH2][Ge]1([CH3])[CH3].[2H]C([2H])([2H])[Si]1(C([2H])([2H])[2H])CCCC1CC. The molecule has 0 spiro atoms. The van der Waals surface area contributed by atoms with E-state index in [1.807, 2.05) is 6.92 Å². The summed E-state index contributed by atoms with van der Waals surface area (Å²) in [7, 11) is -9.21. The summed E-state index contributed by atoms with van der Waals surface area (Å²) in [5.41, 5.74) is 7.73. The van der Waals surface area contributed by atoms with Gasteiger partial charge in [0.05, 0.1) is 32.3 Å². The summed E-state index contributed by atoms with van der Waals surface area (Å²) >= 11 is -6.32. The molecule has 516 valence electrons. The van der Waals surface area contributed by atoms with Crippen LogP contribution in [0.5, 0.6) is 0 Å². The summed E-state index contributed by atoms with van der Waals surface area (Å²) in [5, 5.41) is 4.43. The third-order valence-corrected chi connectivity index (χ3v) is 194. The van der Waals surface area contributed by atoms with Crippen molar-refractivity contribution in [3.63, 3.8) is 0 Å². The molecule has 0 amide bonds. The Morgan fingerprint density at radius 1 is 0.407 bits per heavy atom. The third kappa shape index (κ3) is 26.1. The molecule has 14 heteroatoms. The van der Waals surface area contributed by atoms with Crippen LogP contribution in [0.1, 0.15) is 168 Å². The molecule has 0 saturated carbocycles. The standard InChI is InChI=1S/C10H26Ge3.C10H26Si3.C10H22Si.C9H22GeSi.C9H20Si.C8H20GeSi.2C8H18Si/c2*1-10-12(4,5)8-11(2,3)9-13(10,6)7;1-5-10-7-6-8-11(10,4)9(2)3;1-9-10(2,3)7-6-8-11(9,4)5;1-4-9-7-6-8-10(9,3)5-2;1-8-9(2,3)6-7-10(8,4)5;1-4-8-6-5-7-9(8,2)3;1-4-9(3)7-5-6-8(9)2/h2*10H,8-9H2,1-7H3;9-10H,5-8H2,1-4H3;9H,6-8H2,1-5H3;9H,4-8H2,1-3H3;8H,6-7H2,1-5H3;2*8H,4-7H2,1-3H3/t;;;9-;;8-;;8-,9?/m...0.0.1/s1/i;;;;;;2D3,3D3;. The topological polar surface area (TPSA) is 0 Å². The minimum absolute atomic E-state index is 0.0579. The molecule has 8 rings (SSSR count). The molecule has 8 aliphatic rings. The molecule has 0 N–H and O–H groups in total. The molecule has 86 heavy (non-hydrogen) atoms. The predicted octanol–water partition coefficient (Wildman–Crippen LogP) is 29.6. The summed E-state index contributed by atoms with van der Waals surface area (Å²) in [5.74, 6) is 26.8. The molecule has 6 unspecified atom stereocenters. The van der Waals surface area contributed by atoms with Crippen LogP contribution in [0.4, 0.5) is 0 Å². The summed E-state index contributed by atoms with van der Waals surface area (Å²) in [6.07, 6.45) is 15.9. The molecule has 8 fully saturated rings. The summed E-state index contributed by atoms with van der Waals surface area (Å²) in [6.45, 7) is 58.6. The van der Waals surface area contributed by atoms with Gasteiger partial charge in [-0.2, -0.15) is 0 Å². The molecule has 8 aliphatic heterocycles. The summed E-state index contributed by atoms with van der Waals surface area (Å²) < 4.78 is 52.8. The number of hydrogen-bond acceptors (Lipinski definition) is 0.